The van der Waals surface area contributed by atoms with Gasteiger partial charge in [-0.3, -0.25) is 28.8 Å². The van der Waals surface area contributed by atoms with E-state index in [2.05, 4.69) is 32.5 Å². The Labute approximate surface area is 302 Å². The smallest absolute Gasteiger partial charge is 0.372 e. The number of carbonyl (C=O) groups is 4. The Balaban J connectivity index is 0.929. The van der Waals surface area contributed by atoms with E-state index < -0.39 is 52.8 Å². The predicted molar refractivity (Wildman–Crippen MR) is 184 cm³/mol. The molecular formula is C38H36F3N7O5. The Hall–Kier alpha value is -5.67. The average Bonchev–Trinajstić information content (AvgIpc) is 3.69. The van der Waals surface area contributed by atoms with Gasteiger partial charge in [-0.25, -0.2) is 0 Å². The molecule has 0 bridgehead atoms. The molecule has 15 heteroatoms. The zero-order chi connectivity index (χ0) is 37.9. The number of piperidine rings is 1. The largest absolute Gasteiger partial charge is 0.417 e. The van der Waals surface area contributed by atoms with Gasteiger partial charge >= 0.3 is 6.18 Å². The van der Waals surface area contributed by atoms with Crippen molar-refractivity contribution < 1.29 is 37.5 Å². The number of nitrogens with zero attached hydrogens (tertiary/aromatic N) is 5. The third-order valence-corrected chi connectivity index (χ3v) is 10.9. The number of amides is 4. The SMILES string of the molecule is CC(C)(C(=O)Nc1ccc(C#N)c(C(F)(F)F)c1)n1cc(C#CC2CCC3(CC2)CN(c2ccc4c(c2)C(=O)N(C2CCC(=O)NC2O)C4=O)C3)cn1. The van der Waals surface area contributed by atoms with E-state index in [1.807, 2.05) is 6.07 Å². The summed E-state index contributed by atoms with van der Waals surface area (Å²) in [5.41, 5.74) is -0.843. The second kappa shape index (κ2) is 13.1. The van der Waals surface area contributed by atoms with E-state index >= 15 is 0 Å². The first-order valence-electron chi connectivity index (χ1n) is 17.3. The molecule has 2 atom stereocenters. The number of fused-ring (bicyclic) bond motifs is 1. The highest BCUT2D eigenvalue weighted by atomic mass is 19.4. The molecule has 53 heavy (non-hydrogen) atoms. The minimum absolute atomic E-state index is 0.0914. The molecule has 2 aromatic carbocycles. The number of nitriles is 1. The third-order valence-electron chi connectivity index (χ3n) is 10.9. The van der Waals surface area contributed by atoms with E-state index in [0.717, 1.165) is 61.5 Å². The van der Waals surface area contributed by atoms with Gasteiger partial charge in [0.1, 0.15) is 11.8 Å². The van der Waals surface area contributed by atoms with Crippen LogP contribution in [-0.4, -0.2) is 68.8 Å². The average molecular weight is 728 g/mol. The third kappa shape index (κ3) is 6.61. The molecule has 4 aliphatic rings. The second-order valence-electron chi connectivity index (χ2n) is 14.8. The van der Waals surface area contributed by atoms with Crippen molar-refractivity contribution in [2.75, 3.05) is 23.3 Å². The molecule has 1 saturated carbocycles. The molecule has 7 rings (SSSR count). The molecule has 1 aliphatic carbocycles. The number of rotatable bonds is 5. The van der Waals surface area contributed by atoms with Gasteiger partial charge in [0.25, 0.3) is 17.7 Å². The highest BCUT2D eigenvalue weighted by Gasteiger charge is 2.47. The Bertz CT molecular complexity index is 2130. The van der Waals surface area contributed by atoms with E-state index in [0.29, 0.717) is 16.7 Å². The highest BCUT2D eigenvalue weighted by Crippen LogP contribution is 2.47. The summed E-state index contributed by atoms with van der Waals surface area (Å²) in [6.07, 6.45) is 1.19. The van der Waals surface area contributed by atoms with E-state index in [9.17, 15) is 37.5 Å². The van der Waals surface area contributed by atoms with Crippen LogP contribution in [0.15, 0.2) is 48.8 Å². The molecule has 2 unspecified atom stereocenters. The summed E-state index contributed by atoms with van der Waals surface area (Å²) in [5.74, 6) is 4.82. The molecule has 3 aliphatic heterocycles. The molecule has 2 saturated heterocycles. The van der Waals surface area contributed by atoms with Gasteiger partial charge < -0.3 is 20.6 Å². The molecule has 274 valence electrons. The Morgan fingerprint density at radius 1 is 1.04 bits per heavy atom. The van der Waals surface area contributed by atoms with Crippen LogP contribution in [0.5, 0.6) is 0 Å². The summed E-state index contributed by atoms with van der Waals surface area (Å²) in [5, 5.41) is 28.6. The normalized spacial score (nSPS) is 21.3. The van der Waals surface area contributed by atoms with Crippen molar-refractivity contribution in [3.8, 4) is 17.9 Å². The fourth-order valence-electron chi connectivity index (χ4n) is 7.64. The van der Waals surface area contributed by atoms with Crippen molar-refractivity contribution >= 4 is 35.0 Å². The van der Waals surface area contributed by atoms with Crippen LogP contribution in [0, 0.1) is 34.5 Å². The molecular weight excluding hydrogens is 691 g/mol. The molecule has 1 aromatic heterocycles. The standard InChI is InChI=1S/C38H36F3N7O5/c1-36(2,35(53)44-25-6-5-24(17-42)29(15-25)38(39,40)41)47-19-23(18-43-47)4-3-22-11-13-37(14-12-22)20-46(21-37)26-7-8-27-28(16-26)34(52)48(33(27)51)30-9-10-31(49)45-32(30)50/h5-8,15-16,18-19,22,30,32,50H,9-14,20-21H2,1-2H3,(H,44,53)(H,45,49). The highest BCUT2D eigenvalue weighted by molar-refractivity contribution is 6.22. The number of anilines is 2. The maximum Gasteiger partial charge on any atom is 0.417 e. The van der Waals surface area contributed by atoms with Crippen LogP contribution in [0.25, 0.3) is 0 Å². The first kappa shape index (κ1) is 35.7. The zero-order valence-electron chi connectivity index (χ0n) is 29.0. The number of aliphatic hydroxyl groups is 1. The lowest BCUT2D eigenvalue weighted by Crippen LogP contribution is -2.57. The van der Waals surface area contributed by atoms with Crippen LogP contribution in [0.3, 0.4) is 0 Å². The number of nitrogens with one attached hydrogen (secondary N) is 2. The summed E-state index contributed by atoms with van der Waals surface area (Å²) in [6.45, 7) is 4.80. The number of imide groups is 1. The van der Waals surface area contributed by atoms with Gasteiger partial charge in [0.2, 0.25) is 5.91 Å². The zero-order valence-corrected chi connectivity index (χ0v) is 29.0. The number of aliphatic hydroxyl groups excluding tert-OH is 1. The lowest BCUT2D eigenvalue weighted by atomic mass is 9.66. The van der Waals surface area contributed by atoms with Crippen molar-refractivity contribution in [2.45, 2.75) is 76.4 Å². The summed E-state index contributed by atoms with van der Waals surface area (Å²) >= 11 is 0. The Morgan fingerprint density at radius 3 is 2.43 bits per heavy atom. The van der Waals surface area contributed by atoms with Gasteiger partial charge in [-0.15, -0.1) is 0 Å². The Morgan fingerprint density at radius 2 is 1.75 bits per heavy atom. The van der Waals surface area contributed by atoms with Gasteiger partial charge in [0.05, 0.1) is 46.1 Å². The number of benzene rings is 2. The van der Waals surface area contributed by atoms with Gasteiger partial charge in [0.15, 0.2) is 0 Å². The van der Waals surface area contributed by atoms with Crippen LogP contribution in [0.2, 0.25) is 0 Å². The van der Waals surface area contributed by atoms with Crippen LogP contribution in [0.4, 0.5) is 24.5 Å². The van der Waals surface area contributed by atoms with Gasteiger partial charge in [-0.05, 0) is 82.3 Å². The molecule has 4 heterocycles. The monoisotopic (exact) mass is 727 g/mol. The molecule has 3 fully saturated rings. The summed E-state index contributed by atoms with van der Waals surface area (Å²) in [7, 11) is 0. The van der Waals surface area contributed by atoms with E-state index in [4.69, 9.17) is 5.26 Å². The number of hydrogen-bond acceptors (Lipinski definition) is 8. The maximum absolute atomic E-state index is 13.4. The number of carbonyl (C=O) groups excluding carboxylic acids is 4. The van der Waals surface area contributed by atoms with Crippen LogP contribution in [0.1, 0.15) is 89.8 Å². The van der Waals surface area contributed by atoms with Gasteiger partial charge in [-0.2, -0.15) is 23.5 Å². The first-order chi connectivity index (χ1) is 25.1. The minimum Gasteiger partial charge on any atom is -0.372 e. The number of hydrogen-bond donors (Lipinski definition) is 3. The van der Waals surface area contributed by atoms with Crippen molar-refractivity contribution in [2.24, 2.45) is 11.3 Å². The minimum atomic E-state index is -4.75. The van der Waals surface area contributed by atoms with E-state index in [-0.39, 0.29) is 35.8 Å². The molecule has 12 nitrogen and oxygen atoms in total. The quantitative estimate of drug-likeness (QED) is 0.258. The van der Waals surface area contributed by atoms with Crippen molar-refractivity contribution in [1.29, 1.82) is 5.26 Å². The molecule has 1 spiro atoms. The second-order valence-corrected chi connectivity index (χ2v) is 14.8. The fourth-order valence-corrected chi connectivity index (χ4v) is 7.64. The summed E-state index contributed by atoms with van der Waals surface area (Å²) in [4.78, 5) is 54.4. The summed E-state index contributed by atoms with van der Waals surface area (Å²) in [6, 6.07) is 8.97. The lowest BCUT2D eigenvalue weighted by Gasteiger charge is -2.54. The van der Waals surface area contributed by atoms with Crippen LogP contribution < -0.4 is 15.5 Å². The summed E-state index contributed by atoms with van der Waals surface area (Å²) < 4.78 is 41.6. The number of halogens is 3. The van der Waals surface area contributed by atoms with Crippen LogP contribution in [-0.2, 0) is 21.3 Å². The fraction of sp³-hybridized carbons (Fsp3) is 0.421. The van der Waals surface area contributed by atoms with Gasteiger partial charge in [0, 0.05) is 48.4 Å². The van der Waals surface area contributed by atoms with E-state index in [1.54, 1.807) is 38.4 Å². The molecule has 0 radical (unpaired) electrons. The Kier molecular flexibility index (Phi) is 8.81. The number of aromatic nitrogens is 2. The predicted octanol–water partition coefficient (Wildman–Crippen LogP) is 4.39. The molecule has 3 aromatic rings. The van der Waals surface area contributed by atoms with Crippen molar-refractivity contribution in [3.63, 3.8) is 0 Å². The number of alkyl halides is 3. The topological polar surface area (TPSA) is 161 Å². The lowest BCUT2D eigenvalue weighted by molar-refractivity contribution is -0.137. The van der Waals surface area contributed by atoms with Crippen LogP contribution >= 0.6 is 0 Å². The molecule has 3 N–H and O–H groups in total. The van der Waals surface area contributed by atoms with Crippen molar-refractivity contribution in [3.05, 3.63) is 76.6 Å². The maximum atomic E-state index is 13.4. The van der Waals surface area contributed by atoms with Crippen molar-refractivity contribution in [1.82, 2.24) is 20.0 Å². The van der Waals surface area contributed by atoms with E-state index in [1.165, 1.54) is 16.8 Å². The molecule has 4 amide bonds. The van der Waals surface area contributed by atoms with Gasteiger partial charge in [-0.1, -0.05) is 11.8 Å². The first-order valence-corrected chi connectivity index (χ1v) is 17.3.